The first-order valence-corrected chi connectivity index (χ1v) is 8.81. The Kier molecular flexibility index (Phi) is 5.49. The molecule has 2 fully saturated rings. The molecule has 23 heavy (non-hydrogen) atoms. The van der Waals surface area contributed by atoms with Gasteiger partial charge in [0.25, 0.3) is 5.91 Å². The van der Waals surface area contributed by atoms with Crippen LogP contribution in [0.5, 0.6) is 5.75 Å². The van der Waals surface area contributed by atoms with Crippen molar-refractivity contribution < 1.29 is 9.53 Å². The van der Waals surface area contributed by atoms with Gasteiger partial charge in [-0.1, -0.05) is 0 Å². The topological polar surface area (TPSA) is 45.7 Å². The second-order valence-electron chi connectivity index (χ2n) is 6.57. The molecule has 1 unspecified atom stereocenters. The first-order chi connectivity index (χ1) is 11.3. The summed E-state index contributed by atoms with van der Waals surface area (Å²) < 4.78 is 5.22. The van der Waals surface area contributed by atoms with Crippen LogP contribution in [0.4, 0.5) is 0 Å². The van der Waals surface area contributed by atoms with Gasteiger partial charge in [-0.3, -0.25) is 9.78 Å². The predicted octanol–water partition coefficient (Wildman–Crippen LogP) is 2.57. The molecule has 3 rings (SSSR count). The van der Waals surface area contributed by atoms with Crippen LogP contribution < -0.4 is 4.74 Å². The minimum Gasteiger partial charge on any atom is -0.497 e. The van der Waals surface area contributed by atoms with Gasteiger partial charge >= 0.3 is 0 Å². The number of hydrogen-bond donors (Lipinski definition) is 0. The van der Waals surface area contributed by atoms with E-state index in [1.807, 2.05) is 4.90 Å². The fraction of sp³-hybridized carbons (Fsp3) is 0.667. The average molecular weight is 317 g/mol. The van der Waals surface area contributed by atoms with Crippen molar-refractivity contribution in [3.8, 4) is 5.75 Å². The molecule has 5 heteroatoms. The summed E-state index contributed by atoms with van der Waals surface area (Å²) in [7, 11) is 1.61. The lowest BCUT2D eigenvalue weighted by atomic mass is 9.98. The maximum absolute atomic E-state index is 12.9. The van der Waals surface area contributed by atoms with Crippen molar-refractivity contribution in [3.05, 3.63) is 24.0 Å². The van der Waals surface area contributed by atoms with Gasteiger partial charge in [0.05, 0.1) is 7.11 Å². The average Bonchev–Trinajstić information content (AvgIpc) is 3.13. The van der Waals surface area contributed by atoms with E-state index in [2.05, 4.69) is 9.88 Å². The number of carbonyl (C=O) groups is 1. The van der Waals surface area contributed by atoms with E-state index in [-0.39, 0.29) is 5.91 Å². The van der Waals surface area contributed by atoms with Gasteiger partial charge in [0.2, 0.25) is 0 Å². The highest BCUT2D eigenvalue weighted by Crippen LogP contribution is 2.23. The van der Waals surface area contributed by atoms with Gasteiger partial charge in [-0.25, -0.2) is 0 Å². The lowest BCUT2D eigenvalue weighted by molar-refractivity contribution is 0.0581. The zero-order chi connectivity index (χ0) is 16.1. The molecule has 0 radical (unpaired) electrons. The van der Waals surface area contributed by atoms with Gasteiger partial charge in [0.15, 0.2) is 0 Å². The summed E-state index contributed by atoms with van der Waals surface area (Å²) in [6, 6.07) is 3.87. The Morgan fingerprint density at radius 1 is 1.26 bits per heavy atom. The maximum atomic E-state index is 12.9. The zero-order valence-electron chi connectivity index (χ0n) is 14.0. The Morgan fingerprint density at radius 2 is 2.04 bits per heavy atom. The molecule has 126 valence electrons. The van der Waals surface area contributed by atoms with E-state index in [9.17, 15) is 4.79 Å². The number of likely N-dealkylation sites (tertiary alicyclic amines) is 2. The van der Waals surface area contributed by atoms with Gasteiger partial charge in [-0.05, 0) is 57.7 Å². The molecule has 0 aromatic carbocycles. The van der Waals surface area contributed by atoms with E-state index in [1.54, 1.807) is 25.4 Å². The highest BCUT2D eigenvalue weighted by molar-refractivity contribution is 5.92. The summed E-state index contributed by atoms with van der Waals surface area (Å²) >= 11 is 0. The molecule has 2 aliphatic heterocycles. The van der Waals surface area contributed by atoms with Crippen LogP contribution in [0.2, 0.25) is 0 Å². The van der Waals surface area contributed by atoms with Gasteiger partial charge in [0.1, 0.15) is 11.4 Å². The number of methoxy groups -OCH3 is 1. The molecule has 0 bridgehead atoms. The largest absolute Gasteiger partial charge is 0.497 e. The lowest BCUT2D eigenvalue weighted by Gasteiger charge is -2.36. The van der Waals surface area contributed by atoms with Crippen molar-refractivity contribution >= 4 is 5.91 Å². The van der Waals surface area contributed by atoms with E-state index in [0.29, 0.717) is 17.5 Å². The van der Waals surface area contributed by atoms with Crippen LogP contribution in [0, 0.1) is 0 Å². The van der Waals surface area contributed by atoms with Crippen molar-refractivity contribution in [1.29, 1.82) is 0 Å². The number of pyridine rings is 1. The fourth-order valence-electron chi connectivity index (χ4n) is 3.71. The quantitative estimate of drug-likeness (QED) is 0.837. The zero-order valence-corrected chi connectivity index (χ0v) is 14.0. The maximum Gasteiger partial charge on any atom is 0.272 e. The molecule has 2 aliphatic rings. The standard InChI is InChI=1S/C18H27N3O2/c1-23-16-7-9-19-17(14-16)18(22)21-12-3-2-6-15(21)8-13-20-10-4-5-11-20/h7,9,14-15H,2-6,8,10-13H2,1H3. The molecular weight excluding hydrogens is 290 g/mol. The number of aromatic nitrogens is 1. The van der Waals surface area contributed by atoms with Crippen LogP contribution in [0.3, 0.4) is 0 Å². The van der Waals surface area contributed by atoms with Crippen molar-refractivity contribution in [1.82, 2.24) is 14.8 Å². The van der Waals surface area contributed by atoms with Crippen molar-refractivity contribution in [2.45, 2.75) is 44.6 Å². The summed E-state index contributed by atoms with van der Waals surface area (Å²) in [6.07, 6.45) is 8.80. The molecule has 1 aromatic rings. The minimum absolute atomic E-state index is 0.0509. The highest BCUT2D eigenvalue weighted by Gasteiger charge is 2.28. The first-order valence-electron chi connectivity index (χ1n) is 8.81. The molecular formula is C18H27N3O2. The number of carbonyl (C=O) groups excluding carboxylic acids is 1. The van der Waals surface area contributed by atoms with Gasteiger partial charge in [0, 0.05) is 31.4 Å². The van der Waals surface area contributed by atoms with Gasteiger partial charge in [-0.2, -0.15) is 0 Å². The summed E-state index contributed by atoms with van der Waals surface area (Å²) in [5, 5.41) is 0. The Morgan fingerprint density at radius 3 is 2.83 bits per heavy atom. The molecule has 0 N–H and O–H groups in total. The van der Waals surface area contributed by atoms with Crippen LogP contribution in [0.25, 0.3) is 0 Å². The summed E-state index contributed by atoms with van der Waals surface area (Å²) in [6.45, 7) is 4.40. The van der Waals surface area contributed by atoms with Crippen LogP contribution in [-0.4, -0.2) is 60.0 Å². The summed E-state index contributed by atoms with van der Waals surface area (Å²) in [5.41, 5.74) is 0.498. The van der Waals surface area contributed by atoms with Crippen LogP contribution in [-0.2, 0) is 0 Å². The molecule has 5 nitrogen and oxygen atoms in total. The van der Waals surface area contributed by atoms with E-state index in [4.69, 9.17) is 4.74 Å². The molecule has 0 aliphatic carbocycles. The van der Waals surface area contributed by atoms with Gasteiger partial charge in [-0.15, -0.1) is 0 Å². The van der Waals surface area contributed by atoms with Gasteiger partial charge < -0.3 is 14.5 Å². The SMILES string of the molecule is COc1ccnc(C(=O)N2CCCCC2CCN2CCCC2)c1. The van der Waals surface area contributed by atoms with E-state index < -0.39 is 0 Å². The number of ether oxygens (including phenoxy) is 1. The fourth-order valence-corrected chi connectivity index (χ4v) is 3.71. The molecule has 0 spiro atoms. The number of rotatable bonds is 5. The van der Waals surface area contributed by atoms with Crippen molar-refractivity contribution in [2.75, 3.05) is 33.3 Å². The highest BCUT2D eigenvalue weighted by atomic mass is 16.5. The predicted molar refractivity (Wildman–Crippen MR) is 89.8 cm³/mol. The smallest absolute Gasteiger partial charge is 0.272 e. The first kappa shape index (κ1) is 16.2. The van der Waals surface area contributed by atoms with E-state index >= 15 is 0 Å². The van der Waals surface area contributed by atoms with Crippen LogP contribution in [0.15, 0.2) is 18.3 Å². The monoisotopic (exact) mass is 317 g/mol. The Labute approximate surface area is 138 Å². The molecule has 0 saturated carbocycles. The Hall–Kier alpha value is -1.62. The second-order valence-corrected chi connectivity index (χ2v) is 6.57. The number of hydrogen-bond acceptors (Lipinski definition) is 4. The van der Waals surface area contributed by atoms with Crippen molar-refractivity contribution in [3.63, 3.8) is 0 Å². The third kappa shape index (κ3) is 4.02. The summed E-state index contributed by atoms with van der Waals surface area (Å²) in [4.78, 5) is 21.7. The Balaban J connectivity index is 1.65. The third-order valence-corrected chi connectivity index (χ3v) is 5.05. The molecule has 3 heterocycles. The normalized spacial score (nSPS) is 22.3. The van der Waals surface area contributed by atoms with E-state index in [0.717, 1.165) is 32.4 Å². The molecule has 2 saturated heterocycles. The third-order valence-electron chi connectivity index (χ3n) is 5.05. The lowest BCUT2D eigenvalue weighted by Crippen LogP contribution is -2.45. The number of nitrogens with zero attached hydrogens (tertiary/aromatic N) is 3. The van der Waals surface area contributed by atoms with Crippen LogP contribution >= 0.6 is 0 Å². The summed E-state index contributed by atoms with van der Waals surface area (Å²) in [5.74, 6) is 0.740. The molecule has 1 aromatic heterocycles. The molecule has 1 amide bonds. The number of amides is 1. The second kappa shape index (κ2) is 7.77. The Bertz CT molecular complexity index is 529. The van der Waals surface area contributed by atoms with Crippen molar-refractivity contribution in [2.24, 2.45) is 0 Å². The van der Waals surface area contributed by atoms with Crippen LogP contribution in [0.1, 0.15) is 49.0 Å². The number of piperidine rings is 1. The van der Waals surface area contributed by atoms with E-state index in [1.165, 1.54) is 32.4 Å². The minimum atomic E-state index is 0.0509. The molecule has 1 atom stereocenters.